The second kappa shape index (κ2) is 7.12. The normalized spacial score (nSPS) is 23.8. The summed E-state index contributed by atoms with van der Waals surface area (Å²) in [4.78, 5) is 28.0. The zero-order chi connectivity index (χ0) is 22.7. The molecule has 0 radical (unpaired) electrons. The Morgan fingerprint density at radius 1 is 1.19 bits per heavy atom. The highest BCUT2D eigenvalue weighted by molar-refractivity contribution is 5.80. The number of alkyl halides is 3. The van der Waals surface area contributed by atoms with Gasteiger partial charge in [0.25, 0.3) is 0 Å². The number of hydrogen-bond acceptors (Lipinski definition) is 3. The summed E-state index contributed by atoms with van der Waals surface area (Å²) in [7, 11) is 0. The molecule has 0 unspecified atom stereocenters. The Hall–Kier alpha value is -2.76. The van der Waals surface area contributed by atoms with Gasteiger partial charge in [0.1, 0.15) is 0 Å². The number of halogens is 3. The Bertz CT molecular complexity index is 995. The lowest BCUT2D eigenvalue weighted by molar-refractivity contribution is -0.137. The summed E-state index contributed by atoms with van der Waals surface area (Å²) in [5.41, 5.74) is -0.555. The fourth-order valence-corrected chi connectivity index (χ4v) is 6.12. The third-order valence-electron chi connectivity index (χ3n) is 7.52. The molecular formula is C23H25F3N4O2. The predicted molar refractivity (Wildman–Crippen MR) is 108 cm³/mol. The molecule has 32 heavy (non-hydrogen) atoms. The average Bonchev–Trinajstić information content (AvgIpc) is 2.65. The van der Waals surface area contributed by atoms with Crippen molar-refractivity contribution < 1.29 is 22.8 Å². The number of nitriles is 1. The molecule has 170 valence electrons. The first-order chi connectivity index (χ1) is 15.1. The first kappa shape index (κ1) is 21.1. The molecule has 1 saturated carbocycles. The summed E-state index contributed by atoms with van der Waals surface area (Å²) in [5.74, 6) is 0.432. The molecule has 3 heterocycles. The minimum absolute atomic E-state index is 0.0333. The number of amides is 3. The van der Waals surface area contributed by atoms with E-state index in [-0.39, 0.29) is 28.5 Å². The van der Waals surface area contributed by atoms with Crippen LogP contribution in [0.3, 0.4) is 0 Å². The van der Waals surface area contributed by atoms with Gasteiger partial charge in [0.2, 0.25) is 5.91 Å². The monoisotopic (exact) mass is 446 g/mol. The highest BCUT2D eigenvalue weighted by Gasteiger charge is 2.56. The Labute approximate surface area is 184 Å². The predicted octanol–water partition coefficient (Wildman–Crippen LogP) is 3.31. The second-order valence-corrected chi connectivity index (χ2v) is 10.1. The average molecular weight is 446 g/mol. The SMILES string of the molecule is N#Cc1cc(CC2CC3(C2)CN(C(=O)N2CC4(CCCC(=O)N4)C2)C3)ccc1C(F)(F)F. The lowest BCUT2D eigenvalue weighted by atomic mass is 9.56. The Morgan fingerprint density at radius 3 is 2.50 bits per heavy atom. The van der Waals surface area contributed by atoms with Crippen LogP contribution in [0.5, 0.6) is 0 Å². The van der Waals surface area contributed by atoms with E-state index in [4.69, 9.17) is 5.26 Å². The van der Waals surface area contributed by atoms with E-state index in [9.17, 15) is 22.8 Å². The molecular weight excluding hydrogens is 421 g/mol. The van der Waals surface area contributed by atoms with Crippen LogP contribution in [0.25, 0.3) is 0 Å². The molecule has 4 aliphatic rings. The van der Waals surface area contributed by atoms with Gasteiger partial charge in [0.05, 0.1) is 22.7 Å². The van der Waals surface area contributed by atoms with Crippen molar-refractivity contribution in [2.45, 2.75) is 50.2 Å². The first-order valence-corrected chi connectivity index (χ1v) is 11.1. The Morgan fingerprint density at radius 2 is 1.88 bits per heavy atom. The fraction of sp³-hybridized carbons (Fsp3) is 0.609. The number of nitrogens with zero attached hydrogens (tertiary/aromatic N) is 3. The van der Waals surface area contributed by atoms with Crippen LogP contribution in [0, 0.1) is 22.7 Å². The highest BCUT2D eigenvalue weighted by atomic mass is 19.4. The molecule has 4 fully saturated rings. The van der Waals surface area contributed by atoms with Crippen LogP contribution < -0.4 is 5.32 Å². The molecule has 1 aromatic carbocycles. The van der Waals surface area contributed by atoms with E-state index in [2.05, 4.69) is 5.32 Å². The van der Waals surface area contributed by atoms with Crippen LogP contribution in [0.2, 0.25) is 0 Å². The molecule has 0 bridgehead atoms. The largest absolute Gasteiger partial charge is 0.417 e. The number of carbonyl (C=O) groups excluding carboxylic acids is 2. The summed E-state index contributed by atoms with van der Waals surface area (Å²) in [6.45, 7) is 2.60. The number of likely N-dealkylation sites (tertiary alicyclic amines) is 2. The first-order valence-electron chi connectivity index (χ1n) is 11.1. The number of piperidine rings is 1. The number of carbonyl (C=O) groups is 2. The topological polar surface area (TPSA) is 76.4 Å². The lowest BCUT2D eigenvalue weighted by Crippen LogP contribution is -2.75. The van der Waals surface area contributed by atoms with Gasteiger partial charge in [0.15, 0.2) is 0 Å². The maximum absolute atomic E-state index is 13.0. The quantitative estimate of drug-likeness (QED) is 0.757. The van der Waals surface area contributed by atoms with E-state index < -0.39 is 11.7 Å². The van der Waals surface area contributed by atoms with Gasteiger partial charge < -0.3 is 15.1 Å². The molecule has 9 heteroatoms. The van der Waals surface area contributed by atoms with Crippen molar-refractivity contribution in [3.8, 4) is 6.07 Å². The van der Waals surface area contributed by atoms with E-state index in [1.807, 2.05) is 4.90 Å². The summed E-state index contributed by atoms with van der Waals surface area (Å²) < 4.78 is 38.9. The van der Waals surface area contributed by atoms with Crippen LogP contribution in [0.15, 0.2) is 18.2 Å². The molecule has 5 rings (SSSR count). The maximum Gasteiger partial charge on any atom is 0.417 e. The number of rotatable bonds is 2. The number of nitrogens with one attached hydrogen (secondary N) is 1. The molecule has 3 amide bonds. The molecule has 1 aromatic rings. The van der Waals surface area contributed by atoms with E-state index in [1.54, 1.807) is 11.0 Å². The van der Waals surface area contributed by atoms with Crippen molar-refractivity contribution in [1.82, 2.24) is 15.1 Å². The minimum Gasteiger partial charge on any atom is -0.347 e. The smallest absolute Gasteiger partial charge is 0.347 e. The van der Waals surface area contributed by atoms with Crippen molar-refractivity contribution in [1.29, 1.82) is 5.26 Å². The van der Waals surface area contributed by atoms with E-state index in [1.165, 1.54) is 12.1 Å². The molecule has 1 N–H and O–H groups in total. The molecule has 3 saturated heterocycles. The van der Waals surface area contributed by atoms with Crippen LogP contribution in [-0.2, 0) is 17.4 Å². The molecule has 3 aliphatic heterocycles. The number of benzene rings is 1. The number of hydrogen-bond donors (Lipinski definition) is 1. The lowest BCUT2D eigenvalue weighted by Gasteiger charge is -2.61. The summed E-state index contributed by atoms with van der Waals surface area (Å²) in [6, 6.07) is 5.52. The van der Waals surface area contributed by atoms with Gasteiger partial charge in [-0.2, -0.15) is 18.4 Å². The van der Waals surface area contributed by atoms with Crippen LogP contribution in [0.4, 0.5) is 18.0 Å². The Kier molecular flexibility index (Phi) is 4.70. The van der Waals surface area contributed by atoms with E-state index in [0.717, 1.165) is 37.3 Å². The van der Waals surface area contributed by atoms with Gasteiger partial charge in [-0.05, 0) is 55.7 Å². The van der Waals surface area contributed by atoms with Crippen molar-refractivity contribution in [2.75, 3.05) is 26.2 Å². The molecule has 6 nitrogen and oxygen atoms in total. The van der Waals surface area contributed by atoms with E-state index in [0.29, 0.717) is 44.9 Å². The van der Waals surface area contributed by atoms with Crippen LogP contribution in [0.1, 0.15) is 48.8 Å². The molecule has 0 aromatic heterocycles. The summed E-state index contributed by atoms with van der Waals surface area (Å²) in [6.07, 6.45) is 0.374. The van der Waals surface area contributed by atoms with Crippen molar-refractivity contribution in [3.05, 3.63) is 34.9 Å². The molecule has 1 aliphatic carbocycles. The van der Waals surface area contributed by atoms with Gasteiger partial charge in [-0.3, -0.25) is 4.79 Å². The minimum atomic E-state index is -4.52. The zero-order valence-electron chi connectivity index (χ0n) is 17.7. The molecule has 2 spiro atoms. The van der Waals surface area contributed by atoms with Crippen LogP contribution in [-0.4, -0.2) is 53.5 Å². The third-order valence-corrected chi connectivity index (χ3v) is 7.52. The number of urea groups is 1. The Balaban J connectivity index is 1.09. The second-order valence-electron chi connectivity index (χ2n) is 10.1. The molecule has 0 atom stereocenters. The third kappa shape index (κ3) is 3.59. The highest BCUT2D eigenvalue weighted by Crippen LogP contribution is 2.53. The van der Waals surface area contributed by atoms with Gasteiger partial charge >= 0.3 is 12.2 Å². The van der Waals surface area contributed by atoms with Crippen LogP contribution >= 0.6 is 0 Å². The zero-order valence-corrected chi connectivity index (χ0v) is 17.7. The van der Waals surface area contributed by atoms with Gasteiger partial charge in [0, 0.05) is 38.0 Å². The van der Waals surface area contributed by atoms with Gasteiger partial charge in [-0.15, -0.1) is 0 Å². The van der Waals surface area contributed by atoms with Gasteiger partial charge in [-0.1, -0.05) is 6.07 Å². The fourth-order valence-electron chi connectivity index (χ4n) is 6.12. The van der Waals surface area contributed by atoms with Crippen molar-refractivity contribution >= 4 is 11.9 Å². The summed E-state index contributed by atoms with van der Waals surface area (Å²) in [5, 5.41) is 12.1. The summed E-state index contributed by atoms with van der Waals surface area (Å²) >= 11 is 0. The standard InChI is InChI=1S/C23H25F3N4O2/c24-23(25,26)18-4-3-15(7-17(18)10-27)6-16-8-21(9-16)11-29(12-21)20(32)30-13-22(14-30)5-1-2-19(31)28-22/h3-4,7,16H,1-2,5-6,8-9,11-14H2,(H,28,31). The van der Waals surface area contributed by atoms with E-state index >= 15 is 0 Å². The van der Waals surface area contributed by atoms with Gasteiger partial charge in [-0.25, -0.2) is 4.79 Å². The van der Waals surface area contributed by atoms with Crippen molar-refractivity contribution in [3.63, 3.8) is 0 Å². The maximum atomic E-state index is 13.0. The van der Waals surface area contributed by atoms with Crippen molar-refractivity contribution in [2.24, 2.45) is 11.3 Å².